The first-order valence-corrected chi connectivity index (χ1v) is 6.31. The zero-order valence-corrected chi connectivity index (χ0v) is 10.8. The molecule has 0 bridgehead atoms. The summed E-state index contributed by atoms with van der Waals surface area (Å²) in [4.78, 5) is 0. The summed E-state index contributed by atoms with van der Waals surface area (Å²) in [5, 5.41) is 13.1. The standard InChI is InChI=1S/C12H15BrFNO/c1-7-8(13)6-9(14)12(16)11(7)10-4-2-3-5-15-10/h6,10,15-16H,2-5H2,1H3. The van der Waals surface area contributed by atoms with Gasteiger partial charge in [0.25, 0.3) is 0 Å². The van der Waals surface area contributed by atoms with Crippen LogP contribution in [-0.4, -0.2) is 11.7 Å². The largest absolute Gasteiger partial charge is 0.505 e. The van der Waals surface area contributed by atoms with Crippen LogP contribution in [-0.2, 0) is 0 Å². The number of hydrogen-bond acceptors (Lipinski definition) is 2. The van der Waals surface area contributed by atoms with Crippen LogP contribution in [0.5, 0.6) is 5.75 Å². The van der Waals surface area contributed by atoms with Gasteiger partial charge in [-0.05, 0) is 37.9 Å². The maximum absolute atomic E-state index is 13.5. The van der Waals surface area contributed by atoms with E-state index in [4.69, 9.17) is 0 Å². The summed E-state index contributed by atoms with van der Waals surface area (Å²) in [6.07, 6.45) is 3.21. The van der Waals surface area contributed by atoms with Crippen molar-refractivity contribution in [2.75, 3.05) is 6.54 Å². The number of phenols is 1. The molecule has 88 valence electrons. The molecule has 1 aromatic rings. The van der Waals surface area contributed by atoms with E-state index in [2.05, 4.69) is 21.2 Å². The van der Waals surface area contributed by atoms with Gasteiger partial charge in [0.15, 0.2) is 11.6 Å². The lowest BCUT2D eigenvalue weighted by atomic mass is 9.93. The van der Waals surface area contributed by atoms with Gasteiger partial charge in [-0.1, -0.05) is 22.4 Å². The topological polar surface area (TPSA) is 32.3 Å². The Kier molecular flexibility index (Phi) is 3.50. The summed E-state index contributed by atoms with van der Waals surface area (Å²) < 4.78 is 14.2. The molecule has 0 aliphatic carbocycles. The number of hydrogen-bond donors (Lipinski definition) is 2. The highest BCUT2D eigenvalue weighted by Crippen LogP contribution is 2.37. The quantitative estimate of drug-likeness (QED) is 0.830. The average Bonchev–Trinajstić information content (AvgIpc) is 2.28. The second kappa shape index (κ2) is 4.72. The zero-order chi connectivity index (χ0) is 11.7. The predicted molar refractivity (Wildman–Crippen MR) is 65.1 cm³/mol. The molecule has 1 fully saturated rings. The third-order valence-corrected chi connectivity index (χ3v) is 3.98. The molecule has 4 heteroatoms. The van der Waals surface area contributed by atoms with Gasteiger partial charge in [0, 0.05) is 16.1 Å². The minimum absolute atomic E-state index is 0.0701. The second-order valence-electron chi connectivity index (χ2n) is 4.23. The van der Waals surface area contributed by atoms with Crippen molar-refractivity contribution in [2.24, 2.45) is 0 Å². The summed E-state index contributed by atoms with van der Waals surface area (Å²) in [6, 6.07) is 1.39. The van der Waals surface area contributed by atoms with Crippen molar-refractivity contribution < 1.29 is 9.50 Å². The Bertz CT molecular complexity index is 376. The maximum atomic E-state index is 13.5. The Hall–Kier alpha value is -0.610. The van der Waals surface area contributed by atoms with Gasteiger partial charge >= 0.3 is 0 Å². The molecule has 0 aromatic heterocycles. The highest BCUT2D eigenvalue weighted by atomic mass is 79.9. The van der Waals surface area contributed by atoms with Crippen molar-refractivity contribution in [3.8, 4) is 5.75 Å². The van der Waals surface area contributed by atoms with E-state index < -0.39 is 5.82 Å². The molecule has 1 saturated heterocycles. The molecule has 2 nitrogen and oxygen atoms in total. The van der Waals surface area contributed by atoms with Crippen LogP contribution in [0.15, 0.2) is 10.5 Å². The van der Waals surface area contributed by atoms with Gasteiger partial charge in [-0.15, -0.1) is 0 Å². The van der Waals surface area contributed by atoms with Gasteiger partial charge in [0.1, 0.15) is 0 Å². The van der Waals surface area contributed by atoms with E-state index in [1.807, 2.05) is 6.92 Å². The second-order valence-corrected chi connectivity index (χ2v) is 5.08. The number of benzene rings is 1. The fourth-order valence-corrected chi connectivity index (χ4v) is 2.66. The molecule has 0 radical (unpaired) electrons. The minimum atomic E-state index is -0.556. The summed E-state index contributed by atoms with van der Waals surface area (Å²) in [6.45, 7) is 2.83. The molecule has 1 aliphatic heterocycles. The van der Waals surface area contributed by atoms with Crippen LogP contribution < -0.4 is 5.32 Å². The average molecular weight is 288 g/mol. The lowest BCUT2D eigenvalue weighted by Crippen LogP contribution is -2.27. The number of rotatable bonds is 1. The Balaban J connectivity index is 2.45. The summed E-state index contributed by atoms with van der Waals surface area (Å²) >= 11 is 3.32. The van der Waals surface area contributed by atoms with Gasteiger partial charge in [-0.3, -0.25) is 0 Å². The Labute approximate surface area is 103 Å². The van der Waals surface area contributed by atoms with Gasteiger partial charge in [0.05, 0.1) is 0 Å². The highest BCUT2D eigenvalue weighted by molar-refractivity contribution is 9.10. The molecule has 1 aliphatic rings. The van der Waals surface area contributed by atoms with Crippen LogP contribution in [0.3, 0.4) is 0 Å². The third-order valence-electron chi connectivity index (χ3n) is 3.16. The molecule has 1 aromatic carbocycles. The van der Waals surface area contributed by atoms with E-state index in [-0.39, 0.29) is 11.8 Å². The number of nitrogens with one attached hydrogen (secondary N) is 1. The van der Waals surface area contributed by atoms with Gasteiger partial charge in [0.2, 0.25) is 0 Å². The van der Waals surface area contributed by atoms with Crippen molar-refractivity contribution in [1.29, 1.82) is 0 Å². The number of halogens is 2. The predicted octanol–water partition coefficient (Wildman–Crippen LogP) is 3.42. The van der Waals surface area contributed by atoms with E-state index in [0.29, 0.717) is 10.0 Å². The minimum Gasteiger partial charge on any atom is -0.505 e. The van der Waals surface area contributed by atoms with Crippen molar-refractivity contribution in [2.45, 2.75) is 32.2 Å². The highest BCUT2D eigenvalue weighted by Gasteiger charge is 2.23. The fourth-order valence-electron chi connectivity index (χ4n) is 2.25. The molecule has 0 amide bonds. The van der Waals surface area contributed by atoms with E-state index in [0.717, 1.165) is 31.4 Å². The molecule has 0 spiro atoms. The molecule has 0 saturated carbocycles. The van der Waals surface area contributed by atoms with Crippen molar-refractivity contribution in [1.82, 2.24) is 5.32 Å². The van der Waals surface area contributed by atoms with E-state index in [1.165, 1.54) is 6.07 Å². The van der Waals surface area contributed by atoms with Crippen LogP contribution in [0.4, 0.5) is 4.39 Å². The number of phenolic OH excluding ortho intramolecular Hbond substituents is 1. The fraction of sp³-hybridized carbons (Fsp3) is 0.500. The molecule has 2 rings (SSSR count). The van der Waals surface area contributed by atoms with Gasteiger partial charge < -0.3 is 10.4 Å². The Morgan fingerprint density at radius 3 is 2.88 bits per heavy atom. The molecule has 16 heavy (non-hydrogen) atoms. The SMILES string of the molecule is Cc1c(Br)cc(F)c(O)c1C1CCCCN1. The monoisotopic (exact) mass is 287 g/mol. The van der Waals surface area contributed by atoms with E-state index in [1.54, 1.807) is 0 Å². The summed E-state index contributed by atoms with van der Waals surface area (Å²) in [5.74, 6) is -0.764. The molecule has 2 N–H and O–H groups in total. The third kappa shape index (κ3) is 2.09. The Morgan fingerprint density at radius 1 is 1.50 bits per heavy atom. The van der Waals surface area contributed by atoms with Crippen molar-refractivity contribution in [3.63, 3.8) is 0 Å². The van der Waals surface area contributed by atoms with Gasteiger partial charge in [-0.2, -0.15) is 0 Å². The summed E-state index contributed by atoms with van der Waals surface area (Å²) in [5.41, 5.74) is 1.62. The normalized spacial score (nSPS) is 21.1. The number of aromatic hydroxyl groups is 1. The van der Waals surface area contributed by atoms with Gasteiger partial charge in [-0.25, -0.2) is 4.39 Å². The molecule has 1 atom stereocenters. The smallest absolute Gasteiger partial charge is 0.166 e. The zero-order valence-electron chi connectivity index (χ0n) is 9.19. The Morgan fingerprint density at radius 2 is 2.25 bits per heavy atom. The van der Waals surface area contributed by atoms with Crippen LogP contribution >= 0.6 is 15.9 Å². The molecule has 1 heterocycles. The van der Waals surface area contributed by atoms with Crippen LogP contribution in [0, 0.1) is 12.7 Å². The first-order chi connectivity index (χ1) is 7.61. The van der Waals surface area contributed by atoms with E-state index in [9.17, 15) is 9.50 Å². The molecular weight excluding hydrogens is 273 g/mol. The first kappa shape index (κ1) is 11.9. The lowest BCUT2D eigenvalue weighted by molar-refractivity contribution is 0.375. The van der Waals surface area contributed by atoms with E-state index >= 15 is 0 Å². The van der Waals surface area contributed by atoms with Crippen LogP contribution in [0.2, 0.25) is 0 Å². The summed E-state index contributed by atoms with van der Waals surface area (Å²) in [7, 11) is 0. The van der Waals surface area contributed by atoms with Crippen molar-refractivity contribution in [3.05, 3.63) is 27.5 Å². The first-order valence-electron chi connectivity index (χ1n) is 5.52. The van der Waals surface area contributed by atoms with Crippen LogP contribution in [0.1, 0.15) is 36.4 Å². The van der Waals surface area contributed by atoms with Crippen molar-refractivity contribution >= 4 is 15.9 Å². The molecule has 1 unspecified atom stereocenters. The molecular formula is C12H15BrFNO. The number of piperidine rings is 1. The maximum Gasteiger partial charge on any atom is 0.166 e. The van der Waals surface area contributed by atoms with Crippen LogP contribution in [0.25, 0.3) is 0 Å². The lowest BCUT2D eigenvalue weighted by Gasteiger charge is -2.26.